The number of thioether (sulfide) groups is 1. The van der Waals surface area contributed by atoms with Gasteiger partial charge in [-0.3, -0.25) is 0 Å². The molecule has 0 heterocycles. The highest BCUT2D eigenvalue weighted by molar-refractivity contribution is 9.10. The number of nitriles is 1. The maximum atomic E-state index is 11.9. The molecule has 2 amide bonds. The molecule has 0 aliphatic carbocycles. The molecule has 1 atom stereocenters. The van der Waals surface area contributed by atoms with E-state index in [9.17, 15) is 9.59 Å². The standard InChI is InChI=1S/C13H14BrN3O3S/c1-21-5-4-10(12(18)19)16-13(20)17-11-6-9(14)3-2-8(11)7-15/h2-3,6,10H,4-5H2,1H3,(H,18,19)(H2,16,17,20)/t10-/m0/s1. The molecule has 1 aromatic carbocycles. The first-order valence-electron chi connectivity index (χ1n) is 5.96. The molecule has 0 radical (unpaired) electrons. The van der Waals surface area contributed by atoms with Crippen molar-refractivity contribution in [3.8, 4) is 6.07 Å². The van der Waals surface area contributed by atoms with Crippen molar-refractivity contribution in [3.05, 3.63) is 28.2 Å². The molecule has 112 valence electrons. The van der Waals surface area contributed by atoms with E-state index in [1.807, 2.05) is 12.3 Å². The number of aliphatic carboxylic acids is 1. The van der Waals surface area contributed by atoms with Crippen molar-refractivity contribution in [2.75, 3.05) is 17.3 Å². The lowest BCUT2D eigenvalue weighted by Gasteiger charge is -2.15. The van der Waals surface area contributed by atoms with Gasteiger partial charge < -0.3 is 15.7 Å². The molecule has 0 saturated heterocycles. The summed E-state index contributed by atoms with van der Waals surface area (Å²) < 4.78 is 0.703. The number of amides is 2. The van der Waals surface area contributed by atoms with E-state index in [2.05, 4.69) is 26.6 Å². The molecule has 0 bridgehead atoms. The van der Waals surface area contributed by atoms with Crippen LogP contribution in [0.3, 0.4) is 0 Å². The van der Waals surface area contributed by atoms with Gasteiger partial charge in [0.15, 0.2) is 0 Å². The number of carbonyl (C=O) groups excluding carboxylic acids is 1. The summed E-state index contributed by atoms with van der Waals surface area (Å²) in [5, 5.41) is 22.9. The Labute approximate surface area is 135 Å². The van der Waals surface area contributed by atoms with Gasteiger partial charge in [0.05, 0.1) is 11.3 Å². The summed E-state index contributed by atoms with van der Waals surface area (Å²) in [5.41, 5.74) is 0.614. The van der Waals surface area contributed by atoms with Crippen molar-refractivity contribution >= 4 is 45.4 Å². The van der Waals surface area contributed by atoms with E-state index in [4.69, 9.17) is 10.4 Å². The van der Waals surface area contributed by atoms with Gasteiger partial charge in [-0.25, -0.2) is 9.59 Å². The van der Waals surface area contributed by atoms with Crippen LogP contribution in [0.5, 0.6) is 0 Å². The molecular formula is C13H14BrN3O3S. The Morgan fingerprint density at radius 1 is 1.52 bits per heavy atom. The number of urea groups is 1. The SMILES string of the molecule is CSCC[C@H](NC(=O)Nc1cc(Br)ccc1C#N)C(=O)O. The highest BCUT2D eigenvalue weighted by Crippen LogP contribution is 2.20. The topological polar surface area (TPSA) is 102 Å². The summed E-state index contributed by atoms with van der Waals surface area (Å²) in [6.07, 6.45) is 2.19. The number of carboxylic acids is 1. The molecule has 0 aliphatic heterocycles. The molecule has 0 aliphatic rings. The van der Waals surface area contributed by atoms with Crippen LogP contribution in [0.4, 0.5) is 10.5 Å². The van der Waals surface area contributed by atoms with Gasteiger partial charge in [0.2, 0.25) is 0 Å². The van der Waals surface area contributed by atoms with Crippen LogP contribution < -0.4 is 10.6 Å². The van der Waals surface area contributed by atoms with Gasteiger partial charge in [0.25, 0.3) is 0 Å². The number of halogens is 1. The molecule has 0 spiro atoms. The maximum Gasteiger partial charge on any atom is 0.326 e. The number of rotatable bonds is 6. The lowest BCUT2D eigenvalue weighted by molar-refractivity contribution is -0.139. The number of benzene rings is 1. The molecule has 0 fully saturated rings. The third kappa shape index (κ3) is 5.65. The average molecular weight is 372 g/mol. The summed E-state index contributed by atoms with van der Waals surface area (Å²) in [6, 6.07) is 5.16. The third-order valence-corrected chi connectivity index (χ3v) is 3.70. The monoisotopic (exact) mass is 371 g/mol. The molecule has 6 nitrogen and oxygen atoms in total. The minimum absolute atomic E-state index is 0.296. The number of anilines is 1. The van der Waals surface area contributed by atoms with Gasteiger partial charge in [0.1, 0.15) is 12.1 Å². The quantitative estimate of drug-likeness (QED) is 0.713. The van der Waals surface area contributed by atoms with Crippen molar-refractivity contribution in [1.82, 2.24) is 5.32 Å². The second kappa shape index (κ2) is 8.54. The first-order valence-corrected chi connectivity index (χ1v) is 8.15. The van der Waals surface area contributed by atoms with E-state index in [0.29, 0.717) is 27.9 Å². The van der Waals surface area contributed by atoms with Crippen molar-refractivity contribution in [2.45, 2.75) is 12.5 Å². The Morgan fingerprint density at radius 2 is 2.24 bits per heavy atom. The molecule has 21 heavy (non-hydrogen) atoms. The van der Waals surface area contributed by atoms with Crippen LogP contribution in [0.2, 0.25) is 0 Å². The van der Waals surface area contributed by atoms with Crippen molar-refractivity contribution in [3.63, 3.8) is 0 Å². The van der Waals surface area contributed by atoms with Crippen LogP contribution in [-0.2, 0) is 4.79 Å². The lowest BCUT2D eigenvalue weighted by Crippen LogP contribution is -2.43. The number of nitrogens with one attached hydrogen (secondary N) is 2. The minimum Gasteiger partial charge on any atom is -0.480 e. The average Bonchev–Trinajstić information content (AvgIpc) is 2.43. The fourth-order valence-corrected chi connectivity index (χ4v) is 2.36. The molecule has 0 unspecified atom stereocenters. The van der Waals surface area contributed by atoms with E-state index < -0.39 is 18.0 Å². The predicted molar refractivity (Wildman–Crippen MR) is 85.4 cm³/mol. The Bertz CT molecular complexity index is 574. The number of carbonyl (C=O) groups is 2. The number of hydrogen-bond acceptors (Lipinski definition) is 4. The van der Waals surface area contributed by atoms with Crippen LogP contribution in [-0.4, -0.2) is 35.2 Å². The van der Waals surface area contributed by atoms with Gasteiger partial charge >= 0.3 is 12.0 Å². The van der Waals surface area contributed by atoms with Gasteiger partial charge in [0, 0.05) is 4.47 Å². The van der Waals surface area contributed by atoms with Crippen molar-refractivity contribution < 1.29 is 14.7 Å². The fourth-order valence-electron chi connectivity index (χ4n) is 1.53. The highest BCUT2D eigenvalue weighted by Gasteiger charge is 2.19. The van der Waals surface area contributed by atoms with E-state index in [1.54, 1.807) is 18.2 Å². The normalized spacial score (nSPS) is 11.3. The minimum atomic E-state index is -1.09. The van der Waals surface area contributed by atoms with Crippen LogP contribution >= 0.6 is 27.7 Å². The van der Waals surface area contributed by atoms with E-state index in [-0.39, 0.29) is 0 Å². The second-order valence-corrected chi connectivity index (χ2v) is 5.97. The van der Waals surface area contributed by atoms with Crippen molar-refractivity contribution in [1.29, 1.82) is 5.26 Å². The summed E-state index contributed by atoms with van der Waals surface area (Å²) >= 11 is 4.75. The van der Waals surface area contributed by atoms with Gasteiger partial charge in [-0.05, 0) is 36.6 Å². The summed E-state index contributed by atoms with van der Waals surface area (Å²) in [5.74, 6) is -0.466. The zero-order valence-electron chi connectivity index (χ0n) is 11.2. The zero-order chi connectivity index (χ0) is 15.8. The largest absolute Gasteiger partial charge is 0.480 e. The Balaban J connectivity index is 2.74. The zero-order valence-corrected chi connectivity index (χ0v) is 13.6. The lowest BCUT2D eigenvalue weighted by atomic mass is 10.2. The molecule has 1 rings (SSSR count). The maximum absolute atomic E-state index is 11.9. The molecule has 0 aromatic heterocycles. The number of hydrogen-bond donors (Lipinski definition) is 3. The van der Waals surface area contributed by atoms with E-state index in [0.717, 1.165) is 0 Å². The van der Waals surface area contributed by atoms with Gasteiger partial charge in [-0.2, -0.15) is 17.0 Å². The molecule has 1 aromatic rings. The predicted octanol–water partition coefficient (Wildman–Crippen LogP) is 2.65. The van der Waals surface area contributed by atoms with Gasteiger partial charge in [-0.1, -0.05) is 15.9 Å². The Morgan fingerprint density at radius 3 is 2.81 bits per heavy atom. The fraction of sp³-hybridized carbons (Fsp3) is 0.308. The first kappa shape index (κ1) is 17.3. The second-order valence-electron chi connectivity index (χ2n) is 4.07. The van der Waals surface area contributed by atoms with E-state index in [1.165, 1.54) is 11.8 Å². The van der Waals surface area contributed by atoms with Crippen molar-refractivity contribution in [2.24, 2.45) is 0 Å². The summed E-state index contributed by atoms with van der Waals surface area (Å²) in [7, 11) is 0. The Hall–Kier alpha value is -1.72. The van der Waals surface area contributed by atoms with Crippen LogP contribution in [0, 0.1) is 11.3 Å². The smallest absolute Gasteiger partial charge is 0.326 e. The van der Waals surface area contributed by atoms with Crippen LogP contribution in [0.1, 0.15) is 12.0 Å². The van der Waals surface area contributed by atoms with Crippen LogP contribution in [0.15, 0.2) is 22.7 Å². The first-order chi connectivity index (χ1) is 9.97. The molecular weight excluding hydrogens is 358 g/mol. The number of nitrogens with zero attached hydrogens (tertiary/aromatic N) is 1. The molecule has 0 saturated carbocycles. The van der Waals surface area contributed by atoms with Gasteiger partial charge in [-0.15, -0.1) is 0 Å². The summed E-state index contributed by atoms with van der Waals surface area (Å²) in [4.78, 5) is 22.9. The highest BCUT2D eigenvalue weighted by atomic mass is 79.9. The molecule has 8 heteroatoms. The number of carboxylic acid groups (broad SMARTS) is 1. The molecule has 3 N–H and O–H groups in total. The summed E-state index contributed by atoms with van der Waals surface area (Å²) in [6.45, 7) is 0. The third-order valence-electron chi connectivity index (χ3n) is 2.56. The van der Waals surface area contributed by atoms with Crippen LogP contribution in [0.25, 0.3) is 0 Å². The van der Waals surface area contributed by atoms with E-state index >= 15 is 0 Å². The Kier molecular flexibility index (Phi) is 7.05.